The highest BCUT2D eigenvalue weighted by atomic mass is 19.2. The SMILES string of the molecule is CC(Oc1c(F)c(F)c(F)c(F)c1F)C(=O)NCc1cc([N+](=O)[O-])cc2c1OCOC2. The van der Waals surface area contributed by atoms with Crippen LogP contribution in [0, 0.1) is 39.2 Å². The molecule has 0 saturated heterocycles. The number of nitrogens with one attached hydrogen (secondary N) is 1. The molecule has 1 aliphatic rings. The van der Waals surface area contributed by atoms with Crippen LogP contribution in [0.25, 0.3) is 0 Å². The average molecular weight is 448 g/mol. The minimum atomic E-state index is -2.36. The fourth-order valence-corrected chi connectivity index (χ4v) is 2.76. The summed E-state index contributed by atoms with van der Waals surface area (Å²) in [7, 11) is 0. The van der Waals surface area contributed by atoms with Crippen LogP contribution in [0.3, 0.4) is 0 Å². The van der Waals surface area contributed by atoms with Gasteiger partial charge in [0.1, 0.15) is 5.75 Å². The molecule has 166 valence electrons. The van der Waals surface area contributed by atoms with Crippen molar-refractivity contribution < 1.29 is 45.9 Å². The number of non-ortho nitro benzene ring substituents is 1. The predicted molar refractivity (Wildman–Crippen MR) is 91.5 cm³/mol. The summed E-state index contributed by atoms with van der Waals surface area (Å²) in [6, 6.07) is 2.40. The van der Waals surface area contributed by atoms with Gasteiger partial charge in [-0.1, -0.05) is 0 Å². The summed E-state index contributed by atoms with van der Waals surface area (Å²) in [5, 5.41) is 13.4. The number of halogens is 5. The van der Waals surface area contributed by atoms with Crippen LogP contribution in [0.2, 0.25) is 0 Å². The second-order valence-corrected chi connectivity index (χ2v) is 6.34. The molecule has 1 atom stereocenters. The summed E-state index contributed by atoms with van der Waals surface area (Å²) in [5.41, 5.74) is 0.294. The van der Waals surface area contributed by atoms with E-state index in [1.165, 1.54) is 6.07 Å². The number of hydrogen-bond acceptors (Lipinski definition) is 6. The average Bonchev–Trinajstić information content (AvgIpc) is 2.76. The first kappa shape index (κ1) is 22.2. The maximum absolute atomic E-state index is 13.7. The van der Waals surface area contributed by atoms with Crippen LogP contribution < -0.4 is 14.8 Å². The Morgan fingerprint density at radius 1 is 1.16 bits per heavy atom. The monoisotopic (exact) mass is 448 g/mol. The van der Waals surface area contributed by atoms with Crippen molar-refractivity contribution in [1.29, 1.82) is 0 Å². The Kier molecular flexibility index (Phi) is 6.24. The molecule has 0 fully saturated rings. The molecular weight excluding hydrogens is 435 g/mol. The molecule has 0 bridgehead atoms. The Morgan fingerprint density at radius 3 is 2.39 bits per heavy atom. The van der Waals surface area contributed by atoms with Gasteiger partial charge in [-0.2, -0.15) is 8.78 Å². The fourth-order valence-electron chi connectivity index (χ4n) is 2.76. The van der Waals surface area contributed by atoms with E-state index in [0.717, 1.165) is 13.0 Å². The Balaban J connectivity index is 1.76. The molecule has 13 heteroatoms. The summed E-state index contributed by atoms with van der Waals surface area (Å²) in [5.74, 6) is -13.6. The van der Waals surface area contributed by atoms with Gasteiger partial charge in [-0.15, -0.1) is 0 Å². The highest BCUT2D eigenvalue weighted by molar-refractivity contribution is 5.80. The summed E-state index contributed by atoms with van der Waals surface area (Å²) in [6.45, 7) is 0.623. The number of hydrogen-bond donors (Lipinski definition) is 1. The van der Waals surface area contributed by atoms with E-state index in [1.54, 1.807) is 0 Å². The number of nitro groups is 1. The first-order valence-corrected chi connectivity index (χ1v) is 8.58. The van der Waals surface area contributed by atoms with E-state index in [9.17, 15) is 36.9 Å². The minimum absolute atomic E-state index is 0.0394. The Labute approximate surface area is 170 Å². The topological polar surface area (TPSA) is 99.9 Å². The van der Waals surface area contributed by atoms with Gasteiger partial charge in [-0.05, 0) is 6.92 Å². The molecule has 8 nitrogen and oxygen atoms in total. The summed E-state index contributed by atoms with van der Waals surface area (Å²) < 4.78 is 82.1. The third-order valence-corrected chi connectivity index (χ3v) is 4.27. The first-order chi connectivity index (χ1) is 14.6. The number of carbonyl (C=O) groups excluding carboxylic acids is 1. The third-order valence-electron chi connectivity index (χ3n) is 4.27. The van der Waals surface area contributed by atoms with Crippen LogP contribution >= 0.6 is 0 Å². The number of benzene rings is 2. The number of nitrogens with zero attached hydrogens (tertiary/aromatic N) is 1. The van der Waals surface area contributed by atoms with Gasteiger partial charge in [0.25, 0.3) is 11.6 Å². The van der Waals surface area contributed by atoms with Crippen LogP contribution in [0.5, 0.6) is 11.5 Å². The second kappa shape index (κ2) is 8.71. The first-order valence-electron chi connectivity index (χ1n) is 8.58. The Hall–Kier alpha value is -3.48. The lowest BCUT2D eigenvalue weighted by Crippen LogP contribution is -2.36. The van der Waals surface area contributed by atoms with Crippen LogP contribution in [0.4, 0.5) is 27.6 Å². The van der Waals surface area contributed by atoms with E-state index in [4.69, 9.17) is 9.47 Å². The van der Waals surface area contributed by atoms with Gasteiger partial charge in [-0.25, -0.2) is 13.2 Å². The van der Waals surface area contributed by atoms with Gasteiger partial charge in [0, 0.05) is 29.8 Å². The van der Waals surface area contributed by atoms with Gasteiger partial charge >= 0.3 is 0 Å². The van der Waals surface area contributed by atoms with E-state index < -0.39 is 51.8 Å². The van der Waals surface area contributed by atoms with Gasteiger partial charge in [0.2, 0.25) is 29.1 Å². The molecule has 3 rings (SSSR count). The number of carbonyl (C=O) groups is 1. The fraction of sp³-hybridized carbons (Fsp3) is 0.278. The molecule has 1 unspecified atom stereocenters. The van der Waals surface area contributed by atoms with Gasteiger partial charge < -0.3 is 19.5 Å². The van der Waals surface area contributed by atoms with E-state index in [0.29, 0.717) is 5.56 Å². The van der Waals surface area contributed by atoms with Crippen LogP contribution in [-0.4, -0.2) is 23.7 Å². The minimum Gasteiger partial charge on any atom is -0.475 e. The van der Waals surface area contributed by atoms with Crippen LogP contribution in [-0.2, 0) is 22.7 Å². The molecule has 2 aromatic carbocycles. The van der Waals surface area contributed by atoms with Gasteiger partial charge in [0.05, 0.1) is 11.5 Å². The largest absolute Gasteiger partial charge is 0.475 e. The van der Waals surface area contributed by atoms with Crippen molar-refractivity contribution in [2.24, 2.45) is 0 Å². The molecule has 0 saturated carbocycles. The Morgan fingerprint density at radius 2 is 1.77 bits per heavy atom. The van der Waals surface area contributed by atoms with Crippen molar-refractivity contribution in [3.63, 3.8) is 0 Å². The van der Waals surface area contributed by atoms with Gasteiger partial charge in [0.15, 0.2) is 18.6 Å². The van der Waals surface area contributed by atoms with Crippen molar-refractivity contribution in [1.82, 2.24) is 5.32 Å². The maximum atomic E-state index is 13.7. The maximum Gasteiger partial charge on any atom is 0.270 e. The lowest BCUT2D eigenvalue weighted by molar-refractivity contribution is -0.385. The predicted octanol–water partition coefficient (Wildman–Crippen LogP) is 3.24. The van der Waals surface area contributed by atoms with Crippen molar-refractivity contribution in [2.75, 3.05) is 6.79 Å². The van der Waals surface area contributed by atoms with E-state index in [-0.39, 0.29) is 36.9 Å². The number of nitro benzene ring substituents is 1. The van der Waals surface area contributed by atoms with E-state index >= 15 is 0 Å². The number of fused-ring (bicyclic) bond motifs is 1. The summed E-state index contributed by atoms with van der Waals surface area (Å²) in [6.07, 6.45) is -1.67. The molecule has 0 aliphatic carbocycles. The standard InChI is InChI=1S/C18H13F5N2O6/c1-7(31-17-14(22)12(20)11(19)13(21)15(17)23)18(26)24-4-8-2-10(25(27)28)3-9-5-29-6-30-16(8)9/h2-3,7H,4-6H2,1H3,(H,24,26). The normalized spacial score (nSPS) is 13.7. The number of ether oxygens (including phenoxy) is 3. The molecule has 0 radical (unpaired) electrons. The van der Waals surface area contributed by atoms with Crippen molar-refractivity contribution in [2.45, 2.75) is 26.2 Å². The zero-order chi connectivity index (χ0) is 22.9. The summed E-state index contributed by atoms with van der Waals surface area (Å²) in [4.78, 5) is 22.7. The third kappa shape index (κ3) is 4.35. The lowest BCUT2D eigenvalue weighted by Gasteiger charge is -2.21. The highest BCUT2D eigenvalue weighted by Gasteiger charge is 2.29. The van der Waals surface area contributed by atoms with E-state index in [2.05, 4.69) is 10.1 Å². The molecule has 1 N–H and O–H groups in total. The molecule has 0 spiro atoms. The Bertz CT molecular complexity index is 1040. The number of rotatable bonds is 6. The molecule has 0 aromatic heterocycles. The summed E-state index contributed by atoms with van der Waals surface area (Å²) >= 11 is 0. The number of amides is 1. The van der Waals surface area contributed by atoms with Crippen LogP contribution in [0.15, 0.2) is 12.1 Å². The molecule has 1 aliphatic heterocycles. The second-order valence-electron chi connectivity index (χ2n) is 6.34. The zero-order valence-electron chi connectivity index (χ0n) is 15.6. The van der Waals surface area contributed by atoms with Crippen molar-refractivity contribution in [3.8, 4) is 11.5 Å². The smallest absolute Gasteiger partial charge is 0.270 e. The molecule has 2 aromatic rings. The highest BCUT2D eigenvalue weighted by Crippen LogP contribution is 2.33. The lowest BCUT2D eigenvalue weighted by atomic mass is 10.1. The van der Waals surface area contributed by atoms with Crippen LogP contribution in [0.1, 0.15) is 18.1 Å². The molecule has 31 heavy (non-hydrogen) atoms. The molecule has 1 heterocycles. The zero-order valence-corrected chi connectivity index (χ0v) is 15.6. The quantitative estimate of drug-likeness (QED) is 0.240. The van der Waals surface area contributed by atoms with E-state index in [1.807, 2.05) is 0 Å². The molecule has 1 amide bonds. The van der Waals surface area contributed by atoms with Gasteiger partial charge in [-0.3, -0.25) is 14.9 Å². The van der Waals surface area contributed by atoms with Crippen molar-refractivity contribution >= 4 is 11.6 Å². The molecular formula is C18H13F5N2O6. The van der Waals surface area contributed by atoms with Crippen molar-refractivity contribution in [3.05, 3.63) is 62.5 Å².